The van der Waals surface area contributed by atoms with Crippen LogP contribution in [0.25, 0.3) is 0 Å². The molecule has 0 spiro atoms. The molecule has 0 saturated heterocycles. The van der Waals surface area contributed by atoms with E-state index in [9.17, 15) is 0 Å². The van der Waals surface area contributed by atoms with Gasteiger partial charge in [-0.1, -0.05) is 63.1 Å². The first-order valence-corrected chi connectivity index (χ1v) is 7.98. The lowest BCUT2D eigenvalue weighted by molar-refractivity contribution is -0.107. The third-order valence-corrected chi connectivity index (χ3v) is 3.65. The highest BCUT2D eigenvalue weighted by Gasteiger charge is 2.04. The zero-order valence-electron chi connectivity index (χ0n) is 11.8. The Hall–Kier alpha value is -1.20. The van der Waals surface area contributed by atoms with Crippen molar-refractivity contribution in [1.82, 2.24) is 0 Å². The van der Waals surface area contributed by atoms with Gasteiger partial charge in [0.15, 0.2) is 0 Å². The number of thioether (sulfide) groups is 1. The Kier molecular flexibility index (Phi) is 8.93. The fraction of sp³-hybridized carbons (Fsp3) is 0.471. The Bertz CT molecular complexity index is 414. The highest BCUT2D eigenvalue weighted by molar-refractivity contribution is 8.18. The summed E-state index contributed by atoms with van der Waals surface area (Å²) in [7, 11) is 0. The molecule has 1 aromatic carbocycles. The molecule has 2 N–H and O–H groups in total. The summed E-state index contributed by atoms with van der Waals surface area (Å²) in [5.41, 5.74) is 1.06. The van der Waals surface area contributed by atoms with Crippen molar-refractivity contribution in [1.29, 1.82) is 0 Å². The van der Waals surface area contributed by atoms with Gasteiger partial charge in [-0.15, -0.1) is 0 Å². The van der Waals surface area contributed by atoms with E-state index in [1.54, 1.807) is 0 Å². The smallest absolute Gasteiger partial charge is 0.247 e. The molecule has 0 heterocycles. The van der Waals surface area contributed by atoms with Crippen molar-refractivity contribution in [3.63, 3.8) is 0 Å². The number of nitrogens with two attached hydrogens (primary N) is 1. The van der Waals surface area contributed by atoms with Gasteiger partial charge in [-0.3, -0.25) is 0 Å². The second kappa shape index (κ2) is 10.7. The van der Waals surface area contributed by atoms with E-state index in [4.69, 9.17) is 5.41 Å². The van der Waals surface area contributed by atoms with Crippen molar-refractivity contribution in [3.8, 4) is 11.2 Å². The number of unbranched alkanes of at least 4 members (excludes halogenated alkanes) is 6. The van der Waals surface area contributed by atoms with Crippen LogP contribution < -0.4 is 5.41 Å². The van der Waals surface area contributed by atoms with Gasteiger partial charge in [0.1, 0.15) is 0 Å². The fourth-order valence-corrected chi connectivity index (χ4v) is 2.34. The molecule has 0 atom stereocenters. The Morgan fingerprint density at radius 2 is 1.74 bits per heavy atom. The predicted molar refractivity (Wildman–Crippen MR) is 85.8 cm³/mol. The van der Waals surface area contributed by atoms with Crippen molar-refractivity contribution in [2.75, 3.05) is 0 Å². The van der Waals surface area contributed by atoms with Crippen LogP contribution in [0.15, 0.2) is 30.3 Å². The minimum absolute atomic E-state index is 0.788. The van der Waals surface area contributed by atoms with Crippen LogP contribution in [0.2, 0.25) is 0 Å². The molecule has 0 bridgehead atoms. The molecule has 0 fully saturated rings. The summed E-state index contributed by atoms with van der Waals surface area (Å²) in [6, 6.07) is 10.0. The second-order valence-electron chi connectivity index (χ2n) is 4.63. The monoisotopic (exact) mass is 274 g/mol. The fourth-order valence-electron chi connectivity index (χ4n) is 1.80. The molecule has 0 aliphatic heterocycles. The largest absolute Gasteiger partial charge is 0.251 e. The zero-order valence-corrected chi connectivity index (χ0v) is 12.6. The van der Waals surface area contributed by atoms with Crippen LogP contribution in [0.3, 0.4) is 0 Å². The molecular weight excluding hydrogens is 250 g/mol. The van der Waals surface area contributed by atoms with E-state index in [2.05, 4.69) is 18.1 Å². The normalized spacial score (nSPS) is 9.74. The van der Waals surface area contributed by atoms with E-state index in [1.807, 2.05) is 30.3 Å². The second-order valence-corrected chi connectivity index (χ2v) is 5.48. The van der Waals surface area contributed by atoms with Crippen LogP contribution in [0.5, 0.6) is 0 Å². The van der Waals surface area contributed by atoms with E-state index in [0.29, 0.717) is 0 Å². The topological polar surface area (TPSA) is 25.6 Å². The summed E-state index contributed by atoms with van der Waals surface area (Å²) in [5.74, 6) is 3.19. The molecule has 0 unspecified atom stereocenters. The van der Waals surface area contributed by atoms with E-state index < -0.39 is 0 Å². The molecule has 0 aliphatic rings. The third-order valence-electron chi connectivity index (χ3n) is 2.95. The summed E-state index contributed by atoms with van der Waals surface area (Å²) < 4.78 is 0. The van der Waals surface area contributed by atoms with Crippen molar-refractivity contribution in [3.05, 3.63) is 35.9 Å². The molecule has 0 radical (unpaired) electrons. The highest BCUT2D eigenvalue weighted by Crippen LogP contribution is 2.09. The predicted octanol–water partition coefficient (Wildman–Crippen LogP) is 3.64. The summed E-state index contributed by atoms with van der Waals surface area (Å²) >= 11 is 1.43. The number of hydrogen-bond acceptors (Lipinski definition) is 1. The molecule has 0 aliphatic carbocycles. The molecule has 1 nitrogen and oxygen atoms in total. The third kappa shape index (κ3) is 7.74. The maximum atomic E-state index is 5.97. The molecule has 19 heavy (non-hydrogen) atoms. The van der Waals surface area contributed by atoms with Gasteiger partial charge in [0.25, 0.3) is 5.04 Å². The summed E-state index contributed by atoms with van der Waals surface area (Å²) in [6.45, 7) is 2.25. The Morgan fingerprint density at radius 3 is 2.47 bits per heavy atom. The van der Waals surface area contributed by atoms with Crippen molar-refractivity contribution in [2.24, 2.45) is 0 Å². The van der Waals surface area contributed by atoms with Gasteiger partial charge in [0.05, 0.1) is 5.56 Å². The first-order chi connectivity index (χ1) is 9.34. The van der Waals surface area contributed by atoms with E-state index >= 15 is 0 Å². The molecular formula is C17H24NS+. The van der Waals surface area contributed by atoms with E-state index in [-0.39, 0.29) is 0 Å². The number of hydrogen-bond donors (Lipinski definition) is 1. The minimum Gasteiger partial charge on any atom is -0.247 e. The number of rotatable bonds is 7. The SMILES string of the molecule is CCCCCCCCC#CSC(=[NH2+])c1ccccc1. The molecule has 1 aromatic rings. The van der Waals surface area contributed by atoms with Gasteiger partial charge in [0, 0.05) is 18.2 Å². The van der Waals surface area contributed by atoms with Crippen LogP contribution >= 0.6 is 11.8 Å². The van der Waals surface area contributed by atoms with Crippen LogP contribution in [0, 0.1) is 11.2 Å². The first kappa shape index (κ1) is 15.9. The van der Waals surface area contributed by atoms with Crippen molar-refractivity contribution >= 4 is 16.8 Å². The summed E-state index contributed by atoms with van der Waals surface area (Å²) in [5, 5.41) is 9.85. The van der Waals surface area contributed by atoms with E-state index in [1.165, 1.54) is 50.3 Å². The molecule has 0 saturated carbocycles. The average Bonchev–Trinajstić information content (AvgIpc) is 2.46. The van der Waals surface area contributed by atoms with E-state index in [0.717, 1.165) is 17.0 Å². The van der Waals surface area contributed by atoms with Gasteiger partial charge in [0.2, 0.25) is 0 Å². The first-order valence-electron chi connectivity index (χ1n) is 7.17. The van der Waals surface area contributed by atoms with Gasteiger partial charge < -0.3 is 0 Å². The van der Waals surface area contributed by atoms with Crippen LogP contribution in [0.1, 0.15) is 57.4 Å². The Labute approximate surface area is 121 Å². The quantitative estimate of drug-likeness (QED) is 0.349. The van der Waals surface area contributed by atoms with Gasteiger partial charge in [-0.2, -0.15) is 0 Å². The van der Waals surface area contributed by atoms with Gasteiger partial charge in [-0.05, 0) is 23.8 Å². The Morgan fingerprint density at radius 1 is 1.05 bits per heavy atom. The van der Waals surface area contributed by atoms with Crippen LogP contribution in [-0.4, -0.2) is 5.04 Å². The van der Waals surface area contributed by atoms with Gasteiger partial charge in [-0.25, -0.2) is 5.41 Å². The lowest BCUT2D eigenvalue weighted by Crippen LogP contribution is -2.37. The Balaban J connectivity index is 2.10. The highest BCUT2D eigenvalue weighted by atomic mass is 32.2. The maximum absolute atomic E-state index is 5.97. The average molecular weight is 274 g/mol. The lowest BCUT2D eigenvalue weighted by Gasteiger charge is -1.96. The van der Waals surface area contributed by atoms with Crippen LogP contribution in [0.4, 0.5) is 0 Å². The molecule has 102 valence electrons. The summed E-state index contributed by atoms with van der Waals surface area (Å²) in [4.78, 5) is 0. The van der Waals surface area contributed by atoms with Crippen molar-refractivity contribution in [2.45, 2.75) is 51.9 Å². The zero-order chi connectivity index (χ0) is 13.8. The lowest BCUT2D eigenvalue weighted by atomic mass is 10.1. The summed E-state index contributed by atoms with van der Waals surface area (Å²) in [6.07, 6.45) is 8.89. The number of benzene rings is 1. The molecule has 0 aromatic heterocycles. The molecule has 0 amide bonds. The maximum Gasteiger partial charge on any atom is 0.251 e. The van der Waals surface area contributed by atoms with Crippen molar-refractivity contribution < 1.29 is 5.41 Å². The molecule has 2 heteroatoms. The van der Waals surface area contributed by atoms with Crippen LogP contribution in [-0.2, 0) is 0 Å². The van der Waals surface area contributed by atoms with Gasteiger partial charge >= 0.3 is 0 Å². The molecule has 1 rings (SSSR count). The standard InChI is InChI=1S/C17H23NS/c1-2-3-4-5-6-7-8-12-15-19-17(18)16-13-10-9-11-14-16/h9-11,13-14,18H,2-8H2,1H3/p+1. The minimum atomic E-state index is 0.788.